The van der Waals surface area contributed by atoms with Crippen molar-refractivity contribution < 1.29 is 9.59 Å². The number of para-hydroxylation sites is 1. The van der Waals surface area contributed by atoms with Gasteiger partial charge in [-0.1, -0.05) is 48.0 Å². The number of carbonyl (C=O) groups excluding carboxylic acids is 2. The molecule has 0 atom stereocenters. The van der Waals surface area contributed by atoms with Gasteiger partial charge in [0.05, 0.1) is 40.1 Å². The topological polar surface area (TPSA) is 46.7 Å². The lowest BCUT2D eigenvalue weighted by Crippen LogP contribution is -2.31. The fourth-order valence-corrected chi connectivity index (χ4v) is 5.47. The van der Waals surface area contributed by atoms with E-state index in [9.17, 15) is 9.59 Å². The summed E-state index contributed by atoms with van der Waals surface area (Å²) in [5.74, 6) is -0.627. The second-order valence-corrected chi connectivity index (χ2v) is 9.06. The van der Waals surface area contributed by atoms with Crippen LogP contribution in [0.25, 0.3) is 32.3 Å². The maximum atomic E-state index is 13.9. The molecule has 4 aromatic carbocycles. The maximum absolute atomic E-state index is 13.9. The molecule has 6 rings (SSSR count). The highest BCUT2D eigenvalue weighted by Crippen LogP contribution is 2.39. The summed E-state index contributed by atoms with van der Waals surface area (Å²) in [6, 6.07) is 22.9. The smallest absolute Gasteiger partial charge is 0.268 e. The lowest BCUT2D eigenvalue weighted by atomic mass is 10.0. The Hall–Kier alpha value is -4.69. The first-order valence-electron chi connectivity index (χ1n) is 11.4. The van der Waals surface area contributed by atoms with Crippen LogP contribution in [-0.2, 0) is 0 Å². The molecule has 2 heterocycles. The average molecular weight is 456 g/mol. The van der Waals surface area contributed by atoms with E-state index in [2.05, 4.69) is 4.85 Å². The van der Waals surface area contributed by atoms with Crippen LogP contribution in [0.1, 0.15) is 37.4 Å². The lowest BCUT2D eigenvalue weighted by molar-refractivity contribution is 0.0925. The van der Waals surface area contributed by atoms with Gasteiger partial charge >= 0.3 is 0 Å². The van der Waals surface area contributed by atoms with Gasteiger partial charge in [0, 0.05) is 5.39 Å². The first-order valence-corrected chi connectivity index (χ1v) is 11.4. The molecule has 0 bridgehead atoms. The van der Waals surface area contributed by atoms with Crippen LogP contribution in [0.4, 0.5) is 11.4 Å². The number of hydrogen-bond acceptors (Lipinski definition) is 2. The van der Waals surface area contributed by atoms with Gasteiger partial charge in [0.1, 0.15) is 0 Å². The number of fused-ring (bicyclic) bond motifs is 4. The summed E-state index contributed by atoms with van der Waals surface area (Å²) in [5.41, 5.74) is 7.33. The highest BCUT2D eigenvalue weighted by molar-refractivity contribution is 6.36. The second-order valence-electron chi connectivity index (χ2n) is 9.06. The molecule has 0 saturated heterocycles. The summed E-state index contributed by atoms with van der Waals surface area (Å²) in [7, 11) is 0. The number of aryl methyl sites for hydroxylation is 3. The molecule has 1 aliphatic rings. The average Bonchev–Trinajstić information content (AvgIpc) is 3.30. The van der Waals surface area contributed by atoms with Gasteiger partial charge in [0.25, 0.3) is 11.8 Å². The van der Waals surface area contributed by atoms with Crippen LogP contribution < -0.4 is 4.90 Å². The van der Waals surface area contributed by atoms with Crippen molar-refractivity contribution >= 4 is 45.0 Å². The largest absolute Gasteiger partial charge is 0.309 e. The molecule has 0 spiro atoms. The number of carbonyl (C=O) groups is 2. The Balaban J connectivity index is 1.64. The van der Waals surface area contributed by atoms with Crippen LogP contribution in [0.5, 0.6) is 0 Å². The van der Waals surface area contributed by atoms with E-state index in [1.807, 2.05) is 86.0 Å². The number of imide groups is 1. The Morgan fingerprint density at radius 3 is 2.20 bits per heavy atom. The van der Waals surface area contributed by atoms with E-state index in [1.165, 1.54) is 4.90 Å². The molecule has 35 heavy (non-hydrogen) atoms. The number of aromatic nitrogens is 1. The monoisotopic (exact) mass is 455 g/mol. The highest BCUT2D eigenvalue weighted by Gasteiger charge is 2.40. The molecule has 0 saturated carbocycles. The third-order valence-corrected chi connectivity index (χ3v) is 6.78. The minimum atomic E-state index is -0.320. The van der Waals surface area contributed by atoms with Crippen LogP contribution in [0.3, 0.4) is 0 Å². The molecular weight excluding hydrogens is 434 g/mol. The van der Waals surface area contributed by atoms with Gasteiger partial charge in [-0.05, 0) is 67.6 Å². The van der Waals surface area contributed by atoms with E-state index in [0.717, 1.165) is 38.5 Å². The Morgan fingerprint density at radius 1 is 0.743 bits per heavy atom. The Bertz CT molecular complexity index is 1760. The van der Waals surface area contributed by atoms with Crippen molar-refractivity contribution in [1.82, 2.24) is 4.57 Å². The molecular formula is C30H21N3O2. The van der Waals surface area contributed by atoms with Gasteiger partial charge in [-0.2, -0.15) is 0 Å². The number of amides is 2. The molecule has 0 aliphatic carbocycles. The molecule has 0 fully saturated rings. The van der Waals surface area contributed by atoms with Crippen molar-refractivity contribution in [3.05, 3.63) is 112 Å². The second kappa shape index (κ2) is 7.41. The quantitative estimate of drug-likeness (QED) is 0.211. The van der Waals surface area contributed by atoms with E-state index in [-0.39, 0.29) is 11.8 Å². The highest BCUT2D eigenvalue weighted by atomic mass is 16.2. The summed E-state index contributed by atoms with van der Waals surface area (Å²) in [4.78, 5) is 32.4. The Kier molecular flexibility index (Phi) is 4.42. The summed E-state index contributed by atoms with van der Waals surface area (Å²) in [6.45, 7) is 13.3. The first kappa shape index (κ1) is 20.9. The van der Waals surface area contributed by atoms with Gasteiger partial charge in [-0.25, -0.2) is 9.74 Å². The van der Waals surface area contributed by atoms with Crippen molar-refractivity contribution in [2.24, 2.45) is 0 Å². The molecule has 0 N–H and O–H groups in total. The fraction of sp³-hybridized carbons (Fsp3) is 0.100. The van der Waals surface area contributed by atoms with Crippen molar-refractivity contribution in [1.29, 1.82) is 0 Å². The minimum Gasteiger partial charge on any atom is -0.309 e. The number of benzene rings is 4. The van der Waals surface area contributed by atoms with Gasteiger partial charge in [0.2, 0.25) is 0 Å². The van der Waals surface area contributed by atoms with Crippen LogP contribution in [0.2, 0.25) is 0 Å². The molecule has 168 valence electrons. The molecule has 5 heteroatoms. The number of hydrogen-bond donors (Lipinski definition) is 0. The third-order valence-electron chi connectivity index (χ3n) is 6.78. The molecule has 0 unspecified atom stereocenters. The maximum Gasteiger partial charge on any atom is 0.268 e. The van der Waals surface area contributed by atoms with Crippen LogP contribution in [0.15, 0.2) is 72.8 Å². The summed E-state index contributed by atoms with van der Waals surface area (Å²) >= 11 is 0. The van der Waals surface area contributed by atoms with Crippen LogP contribution in [-0.4, -0.2) is 16.4 Å². The predicted molar refractivity (Wildman–Crippen MR) is 139 cm³/mol. The standard InChI is InChI=1S/C30H21N3O2/c1-17-14-18(2)28(19(3)15-17)33-29(34)22-9-7-11-26(27(22)30(33)35)32-24-10-6-5-8-21(24)23-16-20(31-4)12-13-25(23)32/h5-16H,1-3H3. The van der Waals surface area contributed by atoms with Gasteiger partial charge in [-0.3, -0.25) is 9.59 Å². The zero-order valence-electron chi connectivity index (χ0n) is 19.6. The first-order chi connectivity index (χ1) is 16.9. The van der Waals surface area contributed by atoms with Crippen molar-refractivity contribution in [3.63, 3.8) is 0 Å². The van der Waals surface area contributed by atoms with Gasteiger partial charge in [0.15, 0.2) is 5.69 Å². The minimum absolute atomic E-state index is 0.307. The Labute approximate surface area is 202 Å². The number of anilines is 1. The van der Waals surface area contributed by atoms with Crippen molar-refractivity contribution in [2.75, 3.05) is 4.90 Å². The molecule has 1 aromatic heterocycles. The molecule has 5 aromatic rings. The SMILES string of the molecule is [C-]#[N+]c1ccc2c(c1)c1ccccc1n2-c1cccc2c1C(=O)N(c1c(C)cc(C)cc1C)C2=O. The third kappa shape index (κ3) is 2.87. The number of rotatable bonds is 2. The van der Waals surface area contributed by atoms with Gasteiger partial charge < -0.3 is 4.57 Å². The summed E-state index contributed by atoms with van der Waals surface area (Å²) in [6.07, 6.45) is 0. The summed E-state index contributed by atoms with van der Waals surface area (Å²) in [5, 5.41) is 1.93. The van der Waals surface area contributed by atoms with E-state index in [4.69, 9.17) is 6.57 Å². The van der Waals surface area contributed by atoms with Crippen molar-refractivity contribution in [3.8, 4) is 5.69 Å². The predicted octanol–water partition coefficient (Wildman–Crippen LogP) is 7.06. The number of nitrogens with zero attached hydrogens (tertiary/aromatic N) is 3. The van der Waals surface area contributed by atoms with E-state index >= 15 is 0 Å². The van der Waals surface area contributed by atoms with E-state index < -0.39 is 0 Å². The van der Waals surface area contributed by atoms with E-state index in [1.54, 1.807) is 12.1 Å². The summed E-state index contributed by atoms with van der Waals surface area (Å²) < 4.78 is 2.03. The normalized spacial score (nSPS) is 13.0. The zero-order chi connectivity index (χ0) is 24.4. The van der Waals surface area contributed by atoms with Crippen LogP contribution in [0, 0.1) is 27.3 Å². The molecule has 0 radical (unpaired) electrons. The van der Waals surface area contributed by atoms with Crippen LogP contribution >= 0.6 is 0 Å². The molecule has 1 aliphatic heterocycles. The van der Waals surface area contributed by atoms with Gasteiger partial charge in [-0.15, -0.1) is 0 Å². The fourth-order valence-electron chi connectivity index (χ4n) is 5.47. The Morgan fingerprint density at radius 2 is 1.46 bits per heavy atom. The van der Waals surface area contributed by atoms with E-state index in [0.29, 0.717) is 28.2 Å². The molecule has 2 amide bonds. The lowest BCUT2D eigenvalue weighted by Gasteiger charge is -2.20. The molecule has 5 nitrogen and oxygen atoms in total. The van der Waals surface area contributed by atoms with Crippen molar-refractivity contribution in [2.45, 2.75) is 20.8 Å². The zero-order valence-corrected chi connectivity index (χ0v) is 19.6.